The van der Waals surface area contributed by atoms with Gasteiger partial charge in [-0.15, -0.1) is 0 Å². The summed E-state index contributed by atoms with van der Waals surface area (Å²) in [4.78, 5) is 61.5. The van der Waals surface area contributed by atoms with E-state index < -0.39 is 24.1 Å². The molecule has 282 valence electrons. The quantitative estimate of drug-likeness (QED) is 0.224. The van der Waals surface area contributed by atoms with Crippen molar-refractivity contribution in [2.45, 2.75) is 96.2 Å². The van der Waals surface area contributed by atoms with Crippen LogP contribution in [0.1, 0.15) is 70.2 Å². The second kappa shape index (κ2) is 16.0. The molecular weight excluding hydrogens is 672 g/mol. The molecule has 7 rings (SSSR count). The average Bonchev–Trinajstić information content (AvgIpc) is 3.10. The lowest BCUT2D eigenvalue weighted by Gasteiger charge is -2.55. The Morgan fingerprint density at radius 3 is 2.13 bits per heavy atom. The highest BCUT2D eigenvalue weighted by Gasteiger charge is 2.49. The third-order valence-electron chi connectivity index (χ3n) is 10.6. The number of ether oxygens (including phenoxy) is 1. The predicted octanol–water partition coefficient (Wildman–Crippen LogP) is 2.53. The number of likely N-dealkylation sites (tertiary alicyclic amines) is 1. The number of anilines is 1. The van der Waals surface area contributed by atoms with Crippen LogP contribution in [-0.2, 0) is 14.4 Å². The average molecular weight is 723 g/mol. The van der Waals surface area contributed by atoms with Gasteiger partial charge in [0.25, 0.3) is 5.91 Å². The van der Waals surface area contributed by atoms with E-state index in [0.29, 0.717) is 23.1 Å². The molecule has 1 aromatic heterocycles. The molecule has 2 aromatic rings. The van der Waals surface area contributed by atoms with Crippen molar-refractivity contribution >= 4 is 29.6 Å². The molecule has 5 fully saturated rings. The molecule has 52 heavy (non-hydrogen) atoms. The number of hydrogen-bond donors (Lipinski definition) is 5. The smallest absolute Gasteiger partial charge is 0.335 e. The topological polar surface area (TPSA) is 206 Å². The number of piperidine rings is 3. The Bertz CT molecular complexity index is 1630. The minimum Gasteiger partial charge on any atom is -0.479 e. The lowest BCUT2D eigenvalue weighted by Crippen LogP contribution is -2.64. The molecule has 15 nitrogen and oxygen atoms in total. The number of aliphatic carboxylic acids is 2. The summed E-state index contributed by atoms with van der Waals surface area (Å²) >= 11 is 0. The van der Waals surface area contributed by atoms with Crippen LogP contribution in [0.5, 0.6) is 11.5 Å². The van der Waals surface area contributed by atoms with E-state index in [9.17, 15) is 19.2 Å². The zero-order chi connectivity index (χ0) is 37.9. The maximum Gasteiger partial charge on any atom is 0.335 e. The van der Waals surface area contributed by atoms with Gasteiger partial charge in [0.2, 0.25) is 5.91 Å². The van der Waals surface area contributed by atoms with Crippen LogP contribution in [0.2, 0.25) is 0 Å². The van der Waals surface area contributed by atoms with E-state index >= 15 is 0 Å². The van der Waals surface area contributed by atoms with Crippen LogP contribution in [0, 0.1) is 11.3 Å². The molecule has 1 spiro atoms. The number of para-hydroxylation sites is 1. The van der Waals surface area contributed by atoms with Gasteiger partial charge in [0, 0.05) is 55.6 Å². The fourth-order valence-corrected chi connectivity index (χ4v) is 7.89. The summed E-state index contributed by atoms with van der Waals surface area (Å²) in [5.74, 6) is -1.28. The lowest BCUT2D eigenvalue weighted by atomic mass is 9.70. The monoisotopic (exact) mass is 722 g/mol. The predicted molar refractivity (Wildman–Crippen MR) is 190 cm³/mol. The molecule has 2 bridgehead atoms. The molecule has 4 aliphatic heterocycles. The molecule has 5 N–H and O–H groups in total. The van der Waals surface area contributed by atoms with Crippen molar-refractivity contribution in [3.63, 3.8) is 0 Å². The van der Waals surface area contributed by atoms with E-state index in [1.807, 2.05) is 56.9 Å². The first-order valence-corrected chi connectivity index (χ1v) is 17.8. The third kappa shape index (κ3) is 8.21. The van der Waals surface area contributed by atoms with Crippen LogP contribution in [0.15, 0.2) is 48.9 Å². The Morgan fingerprint density at radius 2 is 1.58 bits per heavy atom. The minimum atomic E-state index is -2.27. The van der Waals surface area contributed by atoms with Crippen LogP contribution in [-0.4, -0.2) is 127 Å². The molecule has 2 amide bonds. The van der Waals surface area contributed by atoms with E-state index in [2.05, 4.69) is 31.7 Å². The highest BCUT2D eigenvalue weighted by atomic mass is 16.5. The summed E-state index contributed by atoms with van der Waals surface area (Å²) in [7, 11) is 0. The van der Waals surface area contributed by atoms with Crippen LogP contribution in [0.3, 0.4) is 0 Å². The Morgan fingerprint density at radius 1 is 0.962 bits per heavy atom. The number of aliphatic hydroxyl groups excluding tert-OH is 2. The van der Waals surface area contributed by atoms with Crippen LogP contribution in [0.4, 0.5) is 5.82 Å². The first kappa shape index (κ1) is 38.6. The van der Waals surface area contributed by atoms with Gasteiger partial charge >= 0.3 is 11.9 Å². The van der Waals surface area contributed by atoms with Crippen molar-refractivity contribution < 1.29 is 44.3 Å². The Balaban J connectivity index is 0.000000459. The second-order valence-electron chi connectivity index (χ2n) is 14.8. The summed E-state index contributed by atoms with van der Waals surface area (Å²) in [5.41, 5.74) is 1.94. The minimum absolute atomic E-state index is 0.0567. The maximum absolute atomic E-state index is 13.5. The van der Waals surface area contributed by atoms with Gasteiger partial charge in [-0.1, -0.05) is 24.3 Å². The molecule has 0 unspecified atom stereocenters. The number of fused-ring (bicyclic) bond motifs is 3. The summed E-state index contributed by atoms with van der Waals surface area (Å²) in [6, 6.07) is 7.83. The van der Waals surface area contributed by atoms with E-state index in [-0.39, 0.29) is 41.3 Å². The van der Waals surface area contributed by atoms with Crippen molar-refractivity contribution in [2.24, 2.45) is 11.3 Å². The second-order valence-corrected chi connectivity index (χ2v) is 14.8. The van der Waals surface area contributed by atoms with Gasteiger partial charge in [0.05, 0.1) is 17.8 Å². The number of carbonyl (C=O) groups is 4. The largest absolute Gasteiger partial charge is 0.479 e. The van der Waals surface area contributed by atoms with E-state index in [4.69, 9.17) is 25.2 Å². The van der Waals surface area contributed by atoms with Crippen LogP contribution < -0.4 is 15.0 Å². The lowest BCUT2D eigenvalue weighted by molar-refractivity contribution is -0.165. The fourth-order valence-electron chi connectivity index (χ4n) is 7.89. The zero-order valence-corrected chi connectivity index (χ0v) is 30.1. The van der Waals surface area contributed by atoms with Crippen LogP contribution in [0.25, 0.3) is 0 Å². The van der Waals surface area contributed by atoms with E-state index in [1.54, 1.807) is 12.5 Å². The first-order valence-electron chi connectivity index (χ1n) is 17.8. The molecule has 1 saturated carbocycles. The van der Waals surface area contributed by atoms with Gasteiger partial charge in [-0.2, -0.15) is 0 Å². The number of nitrogens with zero attached hydrogens (tertiary/aromatic N) is 5. The number of hydrogen-bond acceptors (Lipinski definition) is 11. The number of aliphatic hydroxyl groups is 2. The normalized spacial score (nSPS) is 23.0. The fraction of sp³-hybridized carbons (Fsp3) is 0.568. The third-order valence-corrected chi connectivity index (χ3v) is 10.6. The molecule has 0 radical (unpaired) electrons. The van der Waals surface area contributed by atoms with Gasteiger partial charge in [-0.05, 0) is 71.9 Å². The van der Waals surface area contributed by atoms with Crippen molar-refractivity contribution in [1.29, 1.82) is 0 Å². The molecule has 1 aromatic carbocycles. The molecular formula is C37H50N6O9. The van der Waals surface area contributed by atoms with Gasteiger partial charge in [-0.3, -0.25) is 9.59 Å². The highest BCUT2D eigenvalue weighted by molar-refractivity contribution is 5.97. The summed E-state index contributed by atoms with van der Waals surface area (Å²) in [6.45, 7) is 15.7. The highest BCUT2D eigenvalue weighted by Crippen LogP contribution is 2.45. The Hall–Kier alpha value is -4.60. The van der Waals surface area contributed by atoms with Gasteiger partial charge in [0.1, 0.15) is 12.1 Å². The number of rotatable bonds is 10. The SMILES string of the molecule is C=C1C[C@@H]2CC[C@H]1[C@@H](C(=O)N1CCC3(CC1)CN(c1ncncc1Oc1ccccc1C(=O)N(C(C)C)C(C)C)C3)N2.O=C(O)[C@H](O)[C@@H](O)C(=O)O. The number of carboxylic acids is 2. The number of carboxylic acid groups (broad SMARTS) is 2. The zero-order valence-electron chi connectivity index (χ0n) is 30.1. The van der Waals surface area contributed by atoms with Crippen molar-refractivity contribution in [1.82, 2.24) is 25.1 Å². The Labute approximate surface area is 303 Å². The molecule has 15 heteroatoms. The standard InChI is InChI=1S/C33H44N6O3.C4H6O6/c1-21(2)39(22(3)4)31(40)26-8-6-7-9-27(26)42-28-17-34-20-35-30(28)38-18-33(19-38)12-14-37(15-13-33)32(41)29-25-11-10-24(36-29)16-23(25)5;5-1(3(7)8)2(6)4(9)10/h6-9,17,20-22,24-25,29,36H,5,10-16,18-19H2,1-4H3;1-2,5-6H,(H,7,8)(H,9,10)/t24-,25+,29-;1-,2-/m01/s1. The molecule has 1 aliphatic carbocycles. The van der Waals surface area contributed by atoms with Gasteiger partial charge in [0.15, 0.2) is 23.8 Å². The number of benzene rings is 1. The first-order chi connectivity index (χ1) is 24.6. The Kier molecular flexibility index (Phi) is 11.9. The summed E-state index contributed by atoms with van der Waals surface area (Å²) < 4.78 is 6.37. The van der Waals surface area contributed by atoms with Crippen LogP contribution >= 0.6 is 0 Å². The van der Waals surface area contributed by atoms with Crippen molar-refractivity contribution in [3.05, 3.63) is 54.5 Å². The molecule has 4 saturated heterocycles. The number of nitrogens with one attached hydrogen (secondary N) is 1. The molecule has 5 aliphatic rings. The van der Waals surface area contributed by atoms with Crippen molar-refractivity contribution in [3.8, 4) is 11.5 Å². The molecule has 5 atom stereocenters. The summed E-state index contributed by atoms with van der Waals surface area (Å²) in [5, 5.41) is 36.1. The van der Waals surface area contributed by atoms with Gasteiger partial charge < -0.3 is 45.2 Å². The number of amides is 2. The number of aromatic nitrogens is 2. The van der Waals surface area contributed by atoms with Crippen molar-refractivity contribution in [2.75, 3.05) is 31.1 Å². The van der Waals surface area contributed by atoms with E-state index in [0.717, 1.165) is 64.1 Å². The summed E-state index contributed by atoms with van der Waals surface area (Å²) in [6.07, 6.45) is 3.90. The molecule has 5 heterocycles. The van der Waals surface area contributed by atoms with E-state index in [1.165, 1.54) is 5.57 Å². The van der Waals surface area contributed by atoms with Gasteiger partial charge in [-0.25, -0.2) is 19.6 Å². The maximum atomic E-state index is 13.5. The number of carbonyl (C=O) groups excluding carboxylic acids is 2.